The first-order chi connectivity index (χ1) is 10.6. The van der Waals surface area contributed by atoms with Crippen molar-refractivity contribution in [1.29, 1.82) is 0 Å². The molecule has 0 saturated carbocycles. The highest BCUT2D eigenvalue weighted by atomic mass is 16.5. The summed E-state index contributed by atoms with van der Waals surface area (Å²) in [5.74, 6) is -0.0474. The maximum atomic E-state index is 12.0. The molecule has 0 aliphatic heterocycles. The van der Waals surface area contributed by atoms with Crippen LogP contribution in [-0.4, -0.2) is 35.9 Å². The molecule has 118 valence electrons. The van der Waals surface area contributed by atoms with Crippen LogP contribution >= 0.6 is 0 Å². The molecule has 0 aliphatic rings. The standard InChI is InChI=1S/C17H23N3O2/c1-13-11-14(2)20(19-13)12-15-5-7-16(8-6-15)17(21)18-9-4-10-22-3/h5-8,11H,4,9-10,12H2,1-3H3,(H,18,21). The fourth-order valence-corrected chi connectivity index (χ4v) is 2.29. The molecule has 2 rings (SSSR count). The first kappa shape index (κ1) is 16.2. The minimum Gasteiger partial charge on any atom is -0.385 e. The van der Waals surface area contributed by atoms with E-state index in [0.717, 1.165) is 29.9 Å². The smallest absolute Gasteiger partial charge is 0.251 e. The van der Waals surface area contributed by atoms with Crippen molar-refractivity contribution in [2.45, 2.75) is 26.8 Å². The van der Waals surface area contributed by atoms with Crippen LogP contribution in [0.5, 0.6) is 0 Å². The van der Waals surface area contributed by atoms with Crippen LogP contribution in [0.3, 0.4) is 0 Å². The van der Waals surface area contributed by atoms with Crippen LogP contribution in [0.25, 0.3) is 0 Å². The molecule has 0 unspecified atom stereocenters. The molecule has 2 aromatic rings. The molecule has 1 amide bonds. The molecule has 0 aliphatic carbocycles. The Labute approximate surface area is 131 Å². The van der Waals surface area contributed by atoms with Gasteiger partial charge in [-0.25, -0.2) is 0 Å². The summed E-state index contributed by atoms with van der Waals surface area (Å²) in [6, 6.07) is 9.71. The lowest BCUT2D eigenvalue weighted by atomic mass is 10.1. The number of aryl methyl sites for hydroxylation is 2. The number of carbonyl (C=O) groups excluding carboxylic acids is 1. The Morgan fingerprint density at radius 1 is 1.27 bits per heavy atom. The lowest BCUT2D eigenvalue weighted by Crippen LogP contribution is -2.25. The quantitative estimate of drug-likeness (QED) is 0.799. The second kappa shape index (κ2) is 7.75. The second-order valence-electron chi connectivity index (χ2n) is 5.38. The number of methoxy groups -OCH3 is 1. The van der Waals surface area contributed by atoms with Crippen molar-refractivity contribution in [1.82, 2.24) is 15.1 Å². The fraction of sp³-hybridized carbons (Fsp3) is 0.412. The number of rotatable bonds is 7. The summed E-state index contributed by atoms with van der Waals surface area (Å²) >= 11 is 0. The van der Waals surface area contributed by atoms with Gasteiger partial charge in [-0.2, -0.15) is 5.10 Å². The number of carbonyl (C=O) groups is 1. The number of amides is 1. The maximum absolute atomic E-state index is 12.0. The van der Waals surface area contributed by atoms with E-state index >= 15 is 0 Å². The molecule has 5 heteroatoms. The zero-order valence-electron chi connectivity index (χ0n) is 13.4. The Bertz CT molecular complexity index is 617. The third-order valence-electron chi connectivity index (χ3n) is 3.46. The predicted molar refractivity (Wildman–Crippen MR) is 86.1 cm³/mol. The molecule has 0 atom stereocenters. The van der Waals surface area contributed by atoms with Gasteiger partial charge < -0.3 is 10.1 Å². The number of nitrogens with zero attached hydrogens (tertiary/aromatic N) is 2. The lowest BCUT2D eigenvalue weighted by Gasteiger charge is -2.07. The van der Waals surface area contributed by atoms with E-state index in [1.54, 1.807) is 7.11 Å². The van der Waals surface area contributed by atoms with Crippen molar-refractivity contribution < 1.29 is 9.53 Å². The highest BCUT2D eigenvalue weighted by molar-refractivity contribution is 5.94. The van der Waals surface area contributed by atoms with Gasteiger partial charge in [-0.15, -0.1) is 0 Å². The lowest BCUT2D eigenvalue weighted by molar-refractivity contribution is 0.0948. The van der Waals surface area contributed by atoms with Gasteiger partial charge in [0, 0.05) is 31.5 Å². The first-order valence-electron chi connectivity index (χ1n) is 7.47. The zero-order valence-corrected chi connectivity index (χ0v) is 13.4. The highest BCUT2D eigenvalue weighted by Crippen LogP contribution is 2.09. The first-order valence-corrected chi connectivity index (χ1v) is 7.47. The van der Waals surface area contributed by atoms with Gasteiger partial charge in [-0.05, 0) is 44.0 Å². The average Bonchev–Trinajstić information content (AvgIpc) is 2.82. The van der Waals surface area contributed by atoms with Gasteiger partial charge in [0.2, 0.25) is 0 Å². The molecule has 22 heavy (non-hydrogen) atoms. The monoisotopic (exact) mass is 301 g/mol. The van der Waals surface area contributed by atoms with E-state index in [9.17, 15) is 4.79 Å². The van der Waals surface area contributed by atoms with Crippen molar-refractivity contribution in [3.05, 3.63) is 52.8 Å². The van der Waals surface area contributed by atoms with E-state index in [1.165, 1.54) is 0 Å². The van der Waals surface area contributed by atoms with Crippen molar-refractivity contribution in [3.63, 3.8) is 0 Å². The second-order valence-corrected chi connectivity index (χ2v) is 5.38. The van der Waals surface area contributed by atoms with Gasteiger partial charge >= 0.3 is 0 Å². The van der Waals surface area contributed by atoms with E-state index in [2.05, 4.69) is 16.5 Å². The summed E-state index contributed by atoms with van der Waals surface area (Å²) in [6.07, 6.45) is 0.818. The van der Waals surface area contributed by atoms with E-state index in [-0.39, 0.29) is 5.91 Å². The summed E-state index contributed by atoms with van der Waals surface area (Å²) in [6.45, 7) is 6.03. The third kappa shape index (κ3) is 4.43. The summed E-state index contributed by atoms with van der Waals surface area (Å²) in [4.78, 5) is 12.0. The molecular formula is C17H23N3O2. The van der Waals surface area contributed by atoms with Crippen molar-refractivity contribution in [3.8, 4) is 0 Å². The SMILES string of the molecule is COCCCNC(=O)c1ccc(Cn2nc(C)cc2C)cc1. The van der Waals surface area contributed by atoms with Crippen LogP contribution in [0.2, 0.25) is 0 Å². The maximum Gasteiger partial charge on any atom is 0.251 e. The average molecular weight is 301 g/mol. The third-order valence-corrected chi connectivity index (χ3v) is 3.46. The fourth-order valence-electron chi connectivity index (χ4n) is 2.29. The van der Waals surface area contributed by atoms with Crippen LogP contribution in [0.15, 0.2) is 30.3 Å². The molecule has 0 bridgehead atoms. The summed E-state index contributed by atoms with van der Waals surface area (Å²) in [7, 11) is 1.66. The summed E-state index contributed by atoms with van der Waals surface area (Å²) < 4.78 is 6.92. The molecule has 1 aromatic heterocycles. The van der Waals surface area contributed by atoms with Crippen molar-refractivity contribution in [2.75, 3.05) is 20.3 Å². The van der Waals surface area contributed by atoms with Crippen LogP contribution in [0.1, 0.15) is 33.7 Å². The summed E-state index contributed by atoms with van der Waals surface area (Å²) in [5.41, 5.74) is 3.96. The molecule has 1 N–H and O–H groups in total. The van der Waals surface area contributed by atoms with Crippen molar-refractivity contribution in [2.24, 2.45) is 0 Å². The Morgan fingerprint density at radius 2 is 2.00 bits per heavy atom. The molecule has 0 radical (unpaired) electrons. The van der Waals surface area contributed by atoms with Gasteiger partial charge in [0.05, 0.1) is 12.2 Å². The minimum absolute atomic E-state index is 0.0474. The Morgan fingerprint density at radius 3 is 2.59 bits per heavy atom. The zero-order chi connectivity index (χ0) is 15.9. The van der Waals surface area contributed by atoms with Gasteiger partial charge in [0.1, 0.15) is 0 Å². The number of hydrogen-bond acceptors (Lipinski definition) is 3. The van der Waals surface area contributed by atoms with E-state index < -0.39 is 0 Å². The van der Waals surface area contributed by atoms with Gasteiger partial charge in [-0.3, -0.25) is 9.48 Å². The molecule has 5 nitrogen and oxygen atoms in total. The summed E-state index contributed by atoms with van der Waals surface area (Å²) in [5, 5.41) is 7.33. The van der Waals surface area contributed by atoms with Gasteiger partial charge in [-0.1, -0.05) is 12.1 Å². The number of ether oxygens (including phenoxy) is 1. The van der Waals surface area contributed by atoms with Crippen LogP contribution in [-0.2, 0) is 11.3 Å². The number of aromatic nitrogens is 2. The van der Waals surface area contributed by atoms with Crippen LogP contribution < -0.4 is 5.32 Å². The topological polar surface area (TPSA) is 56.1 Å². The Balaban J connectivity index is 1.92. The van der Waals surface area contributed by atoms with E-state index in [4.69, 9.17) is 4.74 Å². The predicted octanol–water partition coefficient (Wildman–Crippen LogP) is 2.31. The normalized spacial score (nSPS) is 10.7. The minimum atomic E-state index is -0.0474. The Kier molecular flexibility index (Phi) is 5.72. The molecule has 1 aromatic carbocycles. The number of hydrogen-bond donors (Lipinski definition) is 1. The molecule has 0 fully saturated rings. The van der Waals surface area contributed by atoms with Crippen LogP contribution in [0, 0.1) is 13.8 Å². The van der Waals surface area contributed by atoms with Gasteiger partial charge in [0.25, 0.3) is 5.91 Å². The van der Waals surface area contributed by atoms with Gasteiger partial charge in [0.15, 0.2) is 0 Å². The Hall–Kier alpha value is -2.14. The largest absolute Gasteiger partial charge is 0.385 e. The molecule has 1 heterocycles. The highest BCUT2D eigenvalue weighted by Gasteiger charge is 2.06. The van der Waals surface area contributed by atoms with Crippen LogP contribution in [0.4, 0.5) is 0 Å². The van der Waals surface area contributed by atoms with E-state index in [1.807, 2.05) is 42.8 Å². The van der Waals surface area contributed by atoms with E-state index in [0.29, 0.717) is 18.7 Å². The molecule has 0 spiro atoms. The number of benzene rings is 1. The van der Waals surface area contributed by atoms with Crippen molar-refractivity contribution >= 4 is 5.91 Å². The molecule has 0 saturated heterocycles. The number of nitrogens with one attached hydrogen (secondary N) is 1. The molecular weight excluding hydrogens is 278 g/mol.